The van der Waals surface area contributed by atoms with Crippen molar-refractivity contribution in [3.05, 3.63) is 0 Å². The van der Waals surface area contributed by atoms with Crippen LogP contribution in [0.4, 0.5) is 4.79 Å². The van der Waals surface area contributed by atoms with Crippen LogP contribution in [0.15, 0.2) is 0 Å². The van der Waals surface area contributed by atoms with Crippen molar-refractivity contribution >= 4 is 6.03 Å². The van der Waals surface area contributed by atoms with Gasteiger partial charge in [0.2, 0.25) is 0 Å². The van der Waals surface area contributed by atoms with E-state index in [1.165, 1.54) is 0 Å². The molecule has 0 aliphatic carbocycles. The quantitative estimate of drug-likeness (QED) is 0.619. The van der Waals surface area contributed by atoms with Crippen LogP contribution in [-0.2, 0) is 0 Å². The van der Waals surface area contributed by atoms with Gasteiger partial charge < -0.3 is 20.9 Å². The molecule has 0 saturated carbocycles. The van der Waals surface area contributed by atoms with E-state index in [0.29, 0.717) is 6.54 Å². The highest BCUT2D eigenvalue weighted by Crippen LogP contribution is 1.99. The number of likely N-dealkylation sites (N-methyl/N-ethyl adjacent to an activating group) is 1. The molecule has 0 bridgehead atoms. The summed E-state index contributed by atoms with van der Waals surface area (Å²) in [4.78, 5) is 15.7. The van der Waals surface area contributed by atoms with Crippen LogP contribution in [-0.4, -0.2) is 61.6 Å². The third kappa shape index (κ3) is 3.16. The fraction of sp³-hybridized carbons (Fsp3) is 0.889. The second kappa shape index (κ2) is 5.17. The van der Waals surface area contributed by atoms with E-state index in [1.54, 1.807) is 0 Å². The molecule has 0 spiro atoms. The van der Waals surface area contributed by atoms with Crippen molar-refractivity contribution in [2.24, 2.45) is 5.73 Å². The van der Waals surface area contributed by atoms with Crippen molar-refractivity contribution in [3.8, 4) is 0 Å². The molecule has 14 heavy (non-hydrogen) atoms. The second-order valence-corrected chi connectivity index (χ2v) is 3.88. The standard InChI is InChI=1S/C9H20N4O/c1-8(7-10)11-9(14)13-5-3-12(2)4-6-13/h8H,3-7,10H2,1-2H3,(H,11,14). The van der Waals surface area contributed by atoms with Crippen LogP contribution in [0.5, 0.6) is 0 Å². The van der Waals surface area contributed by atoms with Crippen LogP contribution >= 0.6 is 0 Å². The van der Waals surface area contributed by atoms with Crippen LogP contribution in [0.1, 0.15) is 6.92 Å². The van der Waals surface area contributed by atoms with Crippen molar-refractivity contribution in [1.29, 1.82) is 0 Å². The second-order valence-electron chi connectivity index (χ2n) is 3.88. The van der Waals surface area contributed by atoms with Gasteiger partial charge in [0.25, 0.3) is 0 Å². The predicted octanol–water partition coefficient (Wildman–Crippen LogP) is -0.709. The Bertz CT molecular complexity index is 189. The zero-order valence-corrected chi connectivity index (χ0v) is 8.99. The van der Waals surface area contributed by atoms with Gasteiger partial charge in [-0.05, 0) is 14.0 Å². The Kier molecular flexibility index (Phi) is 4.16. The third-order valence-corrected chi connectivity index (χ3v) is 2.51. The summed E-state index contributed by atoms with van der Waals surface area (Å²) in [6, 6.07) is 0.0678. The molecule has 1 fully saturated rings. The maximum absolute atomic E-state index is 11.6. The molecule has 1 rings (SSSR count). The zero-order valence-electron chi connectivity index (χ0n) is 8.99. The van der Waals surface area contributed by atoms with Crippen LogP contribution in [0.25, 0.3) is 0 Å². The van der Waals surface area contributed by atoms with E-state index in [-0.39, 0.29) is 12.1 Å². The Hall–Kier alpha value is -0.810. The van der Waals surface area contributed by atoms with Gasteiger partial charge in [0.15, 0.2) is 0 Å². The molecule has 1 heterocycles. The van der Waals surface area contributed by atoms with E-state index in [4.69, 9.17) is 5.73 Å². The molecule has 0 aromatic carbocycles. The summed E-state index contributed by atoms with van der Waals surface area (Å²) >= 11 is 0. The van der Waals surface area contributed by atoms with Gasteiger partial charge in [-0.15, -0.1) is 0 Å². The van der Waals surface area contributed by atoms with Crippen LogP contribution in [0.3, 0.4) is 0 Å². The summed E-state index contributed by atoms with van der Waals surface area (Å²) in [7, 11) is 2.07. The lowest BCUT2D eigenvalue weighted by molar-refractivity contribution is 0.152. The number of nitrogens with two attached hydrogens (primary N) is 1. The smallest absolute Gasteiger partial charge is 0.317 e. The van der Waals surface area contributed by atoms with E-state index in [1.807, 2.05) is 11.8 Å². The molecule has 1 atom stereocenters. The maximum Gasteiger partial charge on any atom is 0.317 e. The summed E-state index contributed by atoms with van der Waals surface area (Å²) in [5.74, 6) is 0. The number of carbonyl (C=O) groups is 1. The molecule has 0 radical (unpaired) electrons. The van der Waals surface area contributed by atoms with E-state index in [0.717, 1.165) is 26.2 Å². The lowest BCUT2D eigenvalue weighted by atomic mass is 10.3. The van der Waals surface area contributed by atoms with Gasteiger partial charge in [-0.25, -0.2) is 4.79 Å². The average Bonchev–Trinajstić information content (AvgIpc) is 2.18. The fourth-order valence-corrected chi connectivity index (χ4v) is 1.37. The SMILES string of the molecule is CC(CN)NC(=O)N1CCN(C)CC1. The van der Waals surface area contributed by atoms with E-state index >= 15 is 0 Å². The van der Waals surface area contributed by atoms with Gasteiger partial charge in [0.1, 0.15) is 0 Å². The van der Waals surface area contributed by atoms with Gasteiger partial charge in [0.05, 0.1) is 0 Å². The summed E-state index contributed by atoms with van der Waals surface area (Å²) in [6.45, 7) is 5.90. The predicted molar refractivity (Wildman–Crippen MR) is 56.1 cm³/mol. The first-order chi connectivity index (χ1) is 6.63. The number of nitrogens with one attached hydrogen (secondary N) is 1. The topological polar surface area (TPSA) is 61.6 Å². The van der Waals surface area contributed by atoms with Gasteiger partial charge >= 0.3 is 6.03 Å². The first-order valence-corrected chi connectivity index (χ1v) is 5.07. The van der Waals surface area contributed by atoms with Gasteiger partial charge in [-0.1, -0.05) is 0 Å². The number of hydrogen-bond donors (Lipinski definition) is 2. The van der Waals surface area contributed by atoms with Gasteiger partial charge in [-0.2, -0.15) is 0 Å². The number of amides is 2. The highest BCUT2D eigenvalue weighted by atomic mass is 16.2. The molecule has 1 unspecified atom stereocenters. The minimum atomic E-state index is 0.0102. The highest BCUT2D eigenvalue weighted by Gasteiger charge is 2.19. The number of carbonyl (C=O) groups excluding carboxylic acids is 1. The number of piperazine rings is 1. The Morgan fingerprint density at radius 3 is 2.50 bits per heavy atom. The minimum Gasteiger partial charge on any atom is -0.334 e. The van der Waals surface area contributed by atoms with Crippen LogP contribution < -0.4 is 11.1 Å². The molecule has 1 saturated heterocycles. The molecule has 5 heteroatoms. The Morgan fingerprint density at radius 1 is 1.43 bits per heavy atom. The van der Waals surface area contributed by atoms with Gasteiger partial charge in [-0.3, -0.25) is 0 Å². The number of rotatable bonds is 2. The van der Waals surface area contributed by atoms with Crippen molar-refractivity contribution in [1.82, 2.24) is 15.1 Å². The Labute approximate surface area is 85.2 Å². The Morgan fingerprint density at radius 2 is 2.00 bits per heavy atom. The summed E-state index contributed by atoms with van der Waals surface area (Å²) < 4.78 is 0. The van der Waals surface area contributed by atoms with E-state index < -0.39 is 0 Å². The fourth-order valence-electron chi connectivity index (χ4n) is 1.37. The molecular weight excluding hydrogens is 180 g/mol. The zero-order chi connectivity index (χ0) is 10.6. The molecule has 1 aliphatic rings. The molecule has 0 aromatic heterocycles. The summed E-state index contributed by atoms with van der Waals surface area (Å²) in [6.07, 6.45) is 0. The maximum atomic E-state index is 11.6. The molecular formula is C9H20N4O. The number of nitrogens with zero attached hydrogens (tertiary/aromatic N) is 2. The normalized spacial score (nSPS) is 20.6. The third-order valence-electron chi connectivity index (χ3n) is 2.51. The van der Waals surface area contributed by atoms with E-state index in [9.17, 15) is 4.79 Å². The van der Waals surface area contributed by atoms with Crippen molar-refractivity contribution in [3.63, 3.8) is 0 Å². The number of urea groups is 1. The number of hydrogen-bond acceptors (Lipinski definition) is 3. The molecule has 0 aromatic rings. The Balaban J connectivity index is 2.30. The van der Waals surface area contributed by atoms with Crippen molar-refractivity contribution in [2.75, 3.05) is 39.8 Å². The van der Waals surface area contributed by atoms with Gasteiger partial charge in [0, 0.05) is 38.8 Å². The molecule has 3 N–H and O–H groups in total. The lowest BCUT2D eigenvalue weighted by Gasteiger charge is -2.33. The summed E-state index contributed by atoms with van der Waals surface area (Å²) in [5, 5.41) is 2.86. The first kappa shape index (κ1) is 11.3. The van der Waals surface area contributed by atoms with Crippen molar-refractivity contribution < 1.29 is 4.79 Å². The molecule has 82 valence electrons. The molecule has 1 aliphatic heterocycles. The molecule has 2 amide bonds. The monoisotopic (exact) mass is 200 g/mol. The lowest BCUT2D eigenvalue weighted by Crippen LogP contribution is -2.53. The average molecular weight is 200 g/mol. The van der Waals surface area contributed by atoms with Crippen molar-refractivity contribution in [2.45, 2.75) is 13.0 Å². The highest BCUT2D eigenvalue weighted by molar-refractivity contribution is 5.74. The largest absolute Gasteiger partial charge is 0.334 e. The molecule has 5 nitrogen and oxygen atoms in total. The van der Waals surface area contributed by atoms with Crippen LogP contribution in [0, 0.1) is 0 Å². The minimum absolute atomic E-state index is 0.0102. The van der Waals surface area contributed by atoms with E-state index in [2.05, 4.69) is 17.3 Å². The summed E-state index contributed by atoms with van der Waals surface area (Å²) in [5.41, 5.74) is 5.43. The van der Waals surface area contributed by atoms with Crippen LogP contribution in [0.2, 0.25) is 0 Å². The first-order valence-electron chi connectivity index (χ1n) is 5.07.